The number of hydrogen-bond acceptors (Lipinski definition) is 7. The molecule has 0 amide bonds. The van der Waals surface area contributed by atoms with E-state index in [0.717, 1.165) is 56.0 Å². The van der Waals surface area contributed by atoms with E-state index in [1.165, 1.54) is 25.0 Å². The monoisotopic (exact) mass is 611 g/mol. The average molecular weight is 613 g/mol. The maximum absolute atomic E-state index is 15.1. The van der Waals surface area contributed by atoms with Crippen LogP contribution in [0.5, 0.6) is 0 Å². The second-order valence-electron chi connectivity index (χ2n) is 9.51. The van der Waals surface area contributed by atoms with Crippen LogP contribution in [0.25, 0.3) is 0 Å². The topological polar surface area (TPSA) is 89.4 Å². The predicted octanol–water partition coefficient (Wildman–Crippen LogP) is 5.39. The minimum Gasteiger partial charge on any atom is -0.392 e. The number of benzene rings is 2. The molecule has 38 heavy (non-hydrogen) atoms. The van der Waals surface area contributed by atoms with Crippen LogP contribution in [0.3, 0.4) is 0 Å². The van der Waals surface area contributed by atoms with Gasteiger partial charge in [-0.3, -0.25) is 4.79 Å². The number of halogens is 3. The molecule has 1 atom stereocenters. The molecule has 3 N–H and O–H groups in total. The van der Waals surface area contributed by atoms with Gasteiger partial charge >= 0.3 is 0 Å². The third kappa shape index (κ3) is 9.91. The quantitative estimate of drug-likeness (QED) is 0.128. The molecule has 11 heteroatoms. The zero-order chi connectivity index (χ0) is 27.5. The van der Waals surface area contributed by atoms with Crippen molar-refractivity contribution in [1.82, 2.24) is 15.3 Å². The Labute approximate surface area is 237 Å². The van der Waals surface area contributed by atoms with E-state index >= 15 is 4.39 Å². The lowest BCUT2D eigenvalue weighted by atomic mass is 10.1. The average Bonchev–Trinajstić information content (AvgIpc) is 3.64. The van der Waals surface area contributed by atoms with Gasteiger partial charge in [-0.2, -0.15) is 0 Å². The number of aliphatic hydroxyl groups is 1. The summed E-state index contributed by atoms with van der Waals surface area (Å²) in [7, 11) is 3.67. The third-order valence-electron chi connectivity index (χ3n) is 6.26. The molecule has 208 valence electrons. The van der Waals surface area contributed by atoms with E-state index < -0.39 is 5.82 Å². The van der Waals surface area contributed by atoms with Crippen molar-refractivity contribution in [3.8, 4) is 0 Å². The molecule has 1 unspecified atom stereocenters. The van der Waals surface area contributed by atoms with Crippen LogP contribution < -0.4 is 10.8 Å². The Morgan fingerprint density at radius 2 is 2.11 bits per heavy atom. The van der Waals surface area contributed by atoms with Crippen LogP contribution >= 0.6 is 27.5 Å². The van der Waals surface area contributed by atoms with Crippen molar-refractivity contribution in [2.45, 2.75) is 31.8 Å². The molecule has 2 aromatic rings. The maximum Gasteiger partial charge on any atom is 0.172 e. The van der Waals surface area contributed by atoms with E-state index in [1.54, 1.807) is 31.6 Å². The van der Waals surface area contributed by atoms with Crippen LogP contribution in [0.15, 0.2) is 39.8 Å². The van der Waals surface area contributed by atoms with Crippen molar-refractivity contribution in [3.05, 3.63) is 51.2 Å². The van der Waals surface area contributed by atoms with Gasteiger partial charge in [0, 0.05) is 43.8 Å². The summed E-state index contributed by atoms with van der Waals surface area (Å²) in [6.45, 7) is 4.20. The zero-order valence-electron chi connectivity index (χ0n) is 21.8. The number of β-amino-alcohol motifs (C(OH)–C–C–N with tert-alkyl or cyclic N) is 1. The van der Waals surface area contributed by atoms with E-state index in [9.17, 15) is 9.90 Å². The van der Waals surface area contributed by atoms with Crippen LogP contribution in [-0.4, -0.2) is 80.5 Å². The summed E-state index contributed by atoms with van der Waals surface area (Å²) in [5.74, 6) is 0.242. The number of aldehydes is 1. The molecule has 1 aliphatic carbocycles. The van der Waals surface area contributed by atoms with Gasteiger partial charge < -0.3 is 25.1 Å². The fourth-order valence-corrected chi connectivity index (χ4v) is 4.61. The highest BCUT2D eigenvalue weighted by Crippen LogP contribution is 2.34. The van der Waals surface area contributed by atoms with Crippen LogP contribution in [0.1, 0.15) is 36.0 Å². The first-order chi connectivity index (χ1) is 18.3. The Hall–Kier alpha value is -2.08. The van der Waals surface area contributed by atoms with E-state index in [0.29, 0.717) is 17.0 Å². The Kier molecular flexibility index (Phi) is 12.4. The molecule has 0 bridgehead atoms. The molecule has 0 spiro atoms. The van der Waals surface area contributed by atoms with Crippen molar-refractivity contribution in [1.29, 1.82) is 0 Å². The maximum atomic E-state index is 15.1. The second-order valence-corrected chi connectivity index (χ2v) is 10.8. The standard InChI is InChI=1S/C22H25BrClFN4O2.C5H11NO/c1-28(8-2-9-29-10-7-17(31)12-29)14-26-20-5-3-15(13-30)22(21(20)25)27-19-6-4-16(23)11-18(19)24;1-6-7-4-5-2-3-5/h3-6,11,13-14,17,27,31H,2,7-10,12H2,1H3;5-6H,2-4H2,1H3. The number of hydrogen-bond donors (Lipinski definition) is 3. The van der Waals surface area contributed by atoms with E-state index in [4.69, 9.17) is 16.4 Å². The number of carbonyl (C=O) groups is 1. The summed E-state index contributed by atoms with van der Waals surface area (Å²) in [6.07, 6.45) is 6.42. The Morgan fingerprint density at radius 1 is 1.32 bits per heavy atom. The molecule has 1 saturated heterocycles. The van der Waals surface area contributed by atoms with Crippen LogP contribution in [0.4, 0.5) is 21.5 Å². The molecule has 8 nitrogen and oxygen atoms in total. The lowest BCUT2D eigenvalue weighted by Gasteiger charge is -2.18. The number of aliphatic imine (C=N–C) groups is 1. The highest BCUT2D eigenvalue weighted by Gasteiger charge is 2.21. The number of nitrogens with zero attached hydrogens (tertiary/aromatic N) is 3. The summed E-state index contributed by atoms with van der Waals surface area (Å²) in [5.41, 5.74) is 3.45. The van der Waals surface area contributed by atoms with Crippen molar-refractivity contribution in [3.63, 3.8) is 0 Å². The smallest absolute Gasteiger partial charge is 0.172 e. The van der Waals surface area contributed by atoms with Gasteiger partial charge in [-0.15, -0.1) is 0 Å². The molecule has 2 fully saturated rings. The number of nitrogens with one attached hydrogen (secondary N) is 2. The molecule has 2 aromatic carbocycles. The minimum absolute atomic E-state index is 0.0316. The fourth-order valence-electron chi connectivity index (χ4n) is 3.89. The predicted molar refractivity (Wildman–Crippen MR) is 154 cm³/mol. The van der Waals surface area contributed by atoms with Gasteiger partial charge in [0.15, 0.2) is 12.1 Å². The summed E-state index contributed by atoms with van der Waals surface area (Å²) in [4.78, 5) is 24.7. The summed E-state index contributed by atoms with van der Waals surface area (Å²) in [6, 6.07) is 8.15. The first kappa shape index (κ1) is 30.5. The fraction of sp³-hybridized carbons (Fsp3) is 0.481. The van der Waals surface area contributed by atoms with Crippen LogP contribution in [0.2, 0.25) is 5.02 Å². The summed E-state index contributed by atoms with van der Waals surface area (Å²) < 4.78 is 15.9. The normalized spacial score (nSPS) is 17.4. The number of hydroxylamine groups is 1. The Morgan fingerprint density at radius 3 is 2.74 bits per heavy atom. The first-order valence-electron chi connectivity index (χ1n) is 12.7. The molecular weight excluding hydrogens is 577 g/mol. The molecule has 0 aromatic heterocycles. The van der Waals surface area contributed by atoms with Crippen LogP contribution in [0, 0.1) is 11.7 Å². The van der Waals surface area contributed by atoms with Gasteiger partial charge in [0.25, 0.3) is 0 Å². The molecule has 1 heterocycles. The number of rotatable bonds is 12. The number of anilines is 2. The van der Waals surface area contributed by atoms with Gasteiger partial charge in [-0.05, 0) is 68.5 Å². The van der Waals surface area contributed by atoms with Gasteiger partial charge in [0.2, 0.25) is 0 Å². The Bertz CT molecular complexity index is 1090. The van der Waals surface area contributed by atoms with Gasteiger partial charge in [-0.1, -0.05) is 27.5 Å². The highest BCUT2D eigenvalue weighted by molar-refractivity contribution is 9.10. The SMILES string of the molecule is CN(C=Nc1ccc(C=O)c(Nc2ccc(Br)cc2Cl)c1F)CCCN1CCC(O)C1.CNOCC1CC1. The molecule has 1 saturated carbocycles. The Balaban J connectivity index is 0.000000494. The van der Waals surface area contributed by atoms with Crippen molar-refractivity contribution < 1.29 is 19.1 Å². The lowest BCUT2D eigenvalue weighted by Crippen LogP contribution is -2.27. The van der Waals surface area contributed by atoms with Crippen molar-refractivity contribution in [2.75, 3.05) is 52.2 Å². The molecule has 0 radical (unpaired) electrons. The van der Waals surface area contributed by atoms with Crippen molar-refractivity contribution >= 4 is 57.2 Å². The molecular formula is C27H36BrClFN5O3. The molecule has 1 aliphatic heterocycles. The molecule has 4 rings (SSSR count). The van der Waals surface area contributed by atoms with Gasteiger partial charge in [0.1, 0.15) is 5.69 Å². The number of carbonyl (C=O) groups excluding carboxylic acids is 1. The number of aliphatic hydroxyl groups excluding tert-OH is 1. The van der Waals surface area contributed by atoms with E-state index in [-0.39, 0.29) is 23.0 Å². The summed E-state index contributed by atoms with van der Waals surface area (Å²) >= 11 is 9.55. The highest BCUT2D eigenvalue weighted by atomic mass is 79.9. The largest absolute Gasteiger partial charge is 0.392 e. The van der Waals surface area contributed by atoms with E-state index in [2.05, 4.69) is 36.6 Å². The summed E-state index contributed by atoms with van der Waals surface area (Å²) in [5, 5.41) is 12.9. The zero-order valence-corrected chi connectivity index (χ0v) is 24.1. The van der Waals surface area contributed by atoms with Crippen LogP contribution in [-0.2, 0) is 4.84 Å². The van der Waals surface area contributed by atoms with E-state index in [1.807, 2.05) is 11.9 Å². The number of likely N-dealkylation sites (tertiary alicyclic amines) is 1. The van der Waals surface area contributed by atoms with Crippen molar-refractivity contribution in [2.24, 2.45) is 10.9 Å². The lowest BCUT2D eigenvalue weighted by molar-refractivity contribution is 0.0501. The molecule has 2 aliphatic rings. The van der Waals surface area contributed by atoms with Gasteiger partial charge in [-0.25, -0.2) is 14.9 Å². The second kappa shape index (κ2) is 15.5. The first-order valence-corrected chi connectivity index (χ1v) is 13.9. The minimum atomic E-state index is -0.626. The van der Waals surface area contributed by atoms with Gasteiger partial charge in [0.05, 0.1) is 35.4 Å². The third-order valence-corrected chi connectivity index (χ3v) is 7.06.